The van der Waals surface area contributed by atoms with Crippen molar-refractivity contribution in [2.24, 2.45) is 16.7 Å². The Morgan fingerprint density at radius 1 is 1.31 bits per heavy atom. The van der Waals surface area contributed by atoms with Gasteiger partial charge in [-0.15, -0.1) is 11.3 Å². The maximum absolute atomic E-state index is 3.65. The van der Waals surface area contributed by atoms with E-state index in [1.54, 1.807) is 0 Å². The lowest BCUT2D eigenvalue weighted by Gasteiger charge is -2.17. The number of halogens is 1. The van der Waals surface area contributed by atoms with Crippen molar-refractivity contribution < 1.29 is 0 Å². The SMILES string of the molecule is CNC(c1sccc1Br)C1C(C)(C)C1(C)C. The quantitative estimate of drug-likeness (QED) is 0.869. The molecule has 2 rings (SSSR count). The van der Waals surface area contributed by atoms with Crippen molar-refractivity contribution in [2.75, 3.05) is 7.05 Å². The summed E-state index contributed by atoms with van der Waals surface area (Å²) >= 11 is 5.49. The molecule has 1 saturated carbocycles. The van der Waals surface area contributed by atoms with E-state index in [-0.39, 0.29) is 0 Å². The van der Waals surface area contributed by atoms with Crippen LogP contribution in [-0.4, -0.2) is 7.05 Å². The van der Waals surface area contributed by atoms with Crippen molar-refractivity contribution in [3.05, 3.63) is 20.8 Å². The van der Waals surface area contributed by atoms with Gasteiger partial charge in [0.1, 0.15) is 0 Å². The molecule has 0 bridgehead atoms. The zero-order valence-corrected chi connectivity index (χ0v) is 13.0. The average molecular weight is 302 g/mol. The minimum absolute atomic E-state index is 0.421. The highest BCUT2D eigenvalue weighted by molar-refractivity contribution is 9.10. The molecule has 90 valence electrons. The van der Waals surface area contributed by atoms with E-state index in [1.807, 2.05) is 11.3 Å². The van der Waals surface area contributed by atoms with Crippen LogP contribution >= 0.6 is 27.3 Å². The van der Waals surface area contributed by atoms with Crippen molar-refractivity contribution in [1.29, 1.82) is 0 Å². The molecule has 0 saturated heterocycles. The summed E-state index contributed by atoms with van der Waals surface area (Å²) in [4.78, 5) is 1.44. The number of hydrogen-bond donors (Lipinski definition) is 1. The summed E-state index contributed by atoms with van der Waals surface area (Å²) in [6, 6.07) is 2.62. The lowest BCUT2D eigenvalue weighted by Crippen LogP contribution is -2.20. The van der Waals surface area contributed by atoms with E-state index in [2.05, 4.69) is 67.4 Å². The molecule has 1 aromatic heterocycles. The molecule has 1 fully saturated rings. The molecule has 3 heteroatoms. The second-order valence-corrected chi connectivity index (χ2v) is 7.62. The number of thiophene rings is 1. The minimum atomic E-state index is 0.421. The maximum atomic E-state index is 3.65. The van der Waals surface area contributed by atoms with Crippen LogP contribution in [0.3, 0.4) is 0 Å². The van der Waals surface area contributed by atoms with E-state index < -0.39 is 0 Å². The predicted octanol–water partition coefficient (Wildman–Crippen LogP) is 4.45. The summed E-state index contributed by atoms with van der Waals surface area (Å²) in [5, 5.41) is 5.66. The summed E-state index contributed by atoms with van der Waals surface area (Å²) in [6.07, 6.45) is 0. The van der Waals surface area contributed by atoms with Gasteiger partial charge in [-0.2, -0.15) is 0 Å². The number of rotatable bonds is 3. The lowest BCUT2D eigenvalue weighted by molar-refractivity contribution is 0.443. The Labute approximate surface area is 111 Å². The molecule has 1 aliphatic rings. The first kappa shape index (κ1) is 12.6. The van der Waals surface area contributed by atoms with Crippen LogP contribution in [0.15, 0.2) is 15.9 Å². The number of hydrogen-bond acceptors (Lipinski definition) is 2. The van der Waals surface area contributed by atoms with Crippen LogP contribution in [0.25, 0.3) is 0 Å². The van der Waals surface area contributed by atoms with Crippen LogP contribution in [0.4, 0.5) is 0 Å². The predicted molar refractivity (Wildman–Crippen MR) is 74.9 cm³/mol. The summed E-state index contributed by atoms with van der Waals surface area (Å²) in [7, 11) is 2.07. The fourth-order valence-electron chi connectivity index (χ4n) is 3.06. The molecule has 1 atom stereocenters. The minimum Gasteiger partial charge on any atom is -0.312 e. The summed E-state index contributed by atoms with van der Waals surface area (Å²) in [5.41, 5.74) is 0.841. The largest absolute Gasteiger partial charge is 0.312 e. The van der Waals surface area contributed by atoms with E-state index in [1.165, 1.54) is 9.35 Å². The normalized spacial score (nSPS) is 24.4. The third kappa shape index (κ3) is 1.59. The van der Waals surface area contributed by atoms with Crippen LogP contribution in [-0.2, 0) is 0 Å². The lowest BCUT2D eigenvalue weighted by atomic mass is 10.0. The standard InChI is InChI=1S/C13H20BrNS/c1-12(2)11(13(12,3)4)9(15-5)10-8(14)6-7-16-10/h6-7,9,11,15H,1-5H3. The third-order valence-electron chi connectivity index (χ3n) is 4.70. The Hall–Kier alpha value is 0.140. The van der Waals surface area contributed by atoms with E-state index in [0.29, 0.717) is 22.8 Å². The Kier molecular flexibility index (Phi) is 3.01. The van der Waals surface area contributed by atoms with E-state index in [4.69, 9.17) is 0 Å². The van der Waals surface area contributed by atoms with Crippen LogP contribution < -0.4 is 5.32 Å². The third-order valence-corrected chi connectivity index (χ3v) is 6.66. The average Bonchev–Trinajstić information content (AvgIpc) is 2.54. The van der Waals surface area contributed by atoms with Crippen molar-refractivity contribution in [1.82, 2.24) is 5.32 Å². The molecular formula is C13H20BrNS. The van der Waals surface area contributed by atoms with Gasteiger partial charge in [0.15, 0.2) is 0 Å². The van der Waals surface area contributed by atoms with Crippen molar-refractivity contribution in [3.63, 3.8) is 0 Å². The van der Waals surface area contributed by atoms with Gasteiger partial charge in [-0.05, 0) is 51.2 Å². The van der Waals surface area contributed by atoms with Crippen LogP contribution in [0.5, 0.6) is 0 Å². The fraction of sp³-hybridized carbons (Fsp3) is 0.692. The zero-order chi connectivity index (χ0) is 12.1. The Bertz CT molecular complexity index is 380. The van der Waals surface area contributed by atoms with E-state index in [9.17, 15) is 0 Å². The van der Waals surface area contributed by atoms with Gasteiger partial charge in [-0.1, -0.05) is 27.7 Å². The molecule has 0 aromatic carbocycles. The van der Waals surface area contributed by atoms with Crippen LogP contribution in [0, 0.1) is 16.7 Å². The van der Waals surface area contributed by atoms with Gasteiger partial charge in [0, 0.05) is 15.4 Å². The summed E-state index contributed by atoms with van der Waals surface area (Å²) < 4.78 is 1.25. The monoisotopic (exact) mass is 301 g/mol. The first-order valence-electron chi connectivity index (χ1n) is 5.74. The zero-order valence-electron chi connectivity index (χ0n) is 10.6. The summed E-state index contributed by atoms with van der Waals surface area (Å²) in [5.74, 6) is 0.708. The molecule has 0 radical (unpaired) electrons. The van der Waals surface area contributed by atoms with Gasteiger partial charge in [0.25, 0.3) is 0 Å². The van der Waals surface area contributed by atoms with Gasteiger partial charge in [-0.25, -0.2) is 0 Å². The molecule has 1 aliphatic carbocycles. The van der Waals surface area contributed by atoms with Crippen LogP contribution in [0.1, 0.15) is 38.6 Å². The highest BCUT2D eigenvalue weighted by atomic mass is 79.9. The first-order valence-corrected chi connectivity index (χ1v) is 7.41. The van der Waals surface area contributed by atoms with Crippen molar-refractivity contribution in [2.45, 2.75) is 33.7 Å². The van der Waals surface area contributed by atoms with Crippen molar-refractivity contribution in [3.8, 4) is 0 Å². The van der Waals surface area contributed by atoms with E-state index >= 15 is 0 Å². The smallest absolute Gasteiger partial charge is 0.0463 e. The second kappa shape index (κ2) is 3.82. The Balaban J connectivity index is 2.31. The molecule has 1 nitrogen and oxygen atoms in total. The fourth-order valence-corrected chi connectivity index (χ4v) is 4.82. The molecular weight excluding hydrogens is 282 g/mol. The Morgan fingerprint density at radius 2 is 1.88 bits per heavy atom. The molecule has 0 aliphatic heterocycles. The summed E-state index contributed by atoms with van der Waals surface area (Å²) in [6.45, 7) is 9.51. The highest BCUT2D eigenvalue weighted by Crippen LogP contribution is 2.72. The highest BCUT2D eigenvalue weighted by Gasteiger charge is 2.67. The molecule has 1 unspecified atom stereocenters. The second-order valence-electron chi connectivity index (χ2n) is 5.82. The molecule has 1 aromatic rings. The molecule has 0 amide bonds. The van der Waals surface area contributed by atoms with Gasteiger partial charge in [0.05, 0.1) is 0 Å². The maximum Gasteiger partial charge on any atom is 0.0463 e. The van der Waals surface area contributed by atoms with Gasteiger partial charge in [-0.3, -0.25) is 0 Å². The molecule has 1 heterocycles. The van der Waals surface area contributed by atoms with Gasteiger partial charge >= 0.3 is 0 Å². The van der Waals surface area contributed by atoms with Gasteiger partial charge < -0.3 is 5.32 Å². The Morgan fingerprint density at radius 3 is 2.19 bits per heavy atom. The van der Waals surface area contributed by atoms with Crippen LogP contribution in [0.2, 0.25) is 0 Å². The van der Waals surface area contributed by atoms with Crippen molar-refractivity contribution >= 4 is 27.3 Å². The van der Waals surface area contributed by atoms with Gasteiger partial charge in [0.2, 0.25) is 0 Å². The molecule has 1 N–H and O–H groups in total. The number of nitrogens with one attached hydrogen (secondary N) is 1. The molecule has 16 heavy (non-hydrogen) atoms. The molecule has 0 spiro atoms. The first-order chi connectivity index (χ1) is 7.34. The van der Waals surface area contributed by atoms with E-state index in [0.717, 1.165) is 0 Å². The topological polar surface area (TPSA) is 12.0 Å².